The Hall–Kier alpha value is -2.01. The van der Waals surface area contributed by atoms with Crippen LogP contribution in [0.5, 0.6) is 5.75 Å². The number of aromatic nitrogens is 2. The van der Waals surface area contributed by atoms with Crippen LogP contribution in [-0.2, 0) is 6.54 Å². The second-order valence-electron chi connectivity index (χ2n) is 4.89. The largest absolute Gasteiger partial charge is 0.494 e. The summed E-state index contributed by atoms with van der Waals surface area (Å²) in [5, 5.41) is 7.82. The van der Waals surface area contributed by atoms with Gasteiger partial charge in [-0.25, -0.2) is 0 Å². The minimum Gasteiger partial charge on any atom is -0.494 e. The van der Waals surface area contributed by atoms with Gasteiger partial charge in [0.05, 0.1) is 17.3 Å². The van der Waals surface area contributed by atoms with Crippen LogP contribution in [0.3, 0.4) is 0 Å². The fourth-order valence-corrected chi connectivity index (χ4v) is 2.17. The summed E-state index contributed by atoms with van der Waals surface area (Å²) in [5.41, 5.74) is 1.45. The molecule has 0 aliphatic rings. The van der Waals surface area contributed by atoms with Crippen molar-refractivity contribution in [1.82, 2.24) is 15.1 Å². The average Bonchev–Trinajstić information content (AvgIpc) is 2.83. The van der Waals surface area contributed by atoms with Crippen molar-refractivity contribution >= 4 is 17.5 Å². The summed E-state index contributed by atoms with van der Waals surface area (Å²) in [7, 11) is 0. The minimum absolute atomic E-state index is 0.0854. The van der Waals surface area contributed by atoms with Crippen molar-refractivity contribution in [2.24, 2.45) is 0 Å². The van der Waals surface area contributed by atoms with E-state index in [2.05, 4.69) is 10.4 Å². The van der Waals surface area contributed by atoms with E-state index in [1.54, 1.807) is 35.1 Å². The molecule has 1 amide bonds. The molecule has 5 nitrogen and oxygen atoms in total. The molecule has 6 heteroatoms. The molecular weight excluding hydrogens is 302 g/mol. The maximum absolute atomic E-state index is 12.0. The zero-order valence-electron chi connectivity index (χ0n) is 12.8. The first-order valence-corrected chi connectivity index (χ1v) is 7.68. The molecule has 22 heavy (non-hydrogen) atoms. The molecule has 0 unspecified atom stereocenters. The molecule has 1 aromatic carbocycles. The van der Waals surface area contributed by atoms with Crippen LogP contribution >= 0.6 is 11.6 Å². The van der Waals surface area contributed by atoms with Gasteiger partial charge in [0.25, 0.3) is 5.91 Å². The first-order chi connectivity index (χ1) is 10.6. The van der Waals surface area contributed by atoms with Gasteiger partial charge in [-0.2, -0.15) is 5.10 Å². The second kappa shape index (κ2) is 7.84. The molecule has 0 fully saturated rings. The van der Waals surface area contributed by atoms with E-state index >= 15 is 0 Å². The van der Waals surface area contributed by atoms with E-state index < -0.39 is 0 Å². The van der Waals surface area contributed by atoms with E-state index in [0.717, 1.165) is 24.4 Å². The molecular formula is C16H20ClN3O2. The number of halogens is 1. The maximum atomic E-state index is 12.0. The summed E-state index contributed by atoms with van der Waals surface area (Å²) in [4.78, 5) is 12.0. The molecule has 0 radical (unpaired) electrons. The third kappa shape index (κ3) is 4.49. The Bertz CT molecular complexity index is 603. The van der Waals surface area contributed by atoms with Crippen LogP contribution in [0.4, 0.5) is 0 Å². The van der Waals surface area contributed by atoms with E-state index in [1.807, 2.05) is 13.8 Å². The number of hydrogen-bond acceptors (Lipinski definition) is 3. The van der Waals surface area contributed by atoms with E-state index in [9.17, 15) is 4.79 Å². The van der Waals surface area contributed by atoms with Crippen molar-refractivity contribution in [2.75, 3.05) is 13.2 Å². The normalized spacial score (nSPS) is 10.5. The van der Waals surface area contributed by atoms with Crippen LogP contribution < -0.4 is 10.1 Å². The minimum atomic E-state index is -0.0854. The van der Waals surface area contributed by atoms with Crippen molar-refractivity contribution < 1.29 is 9.53 Å². The maximum Gasteiger partial charge on any atom is 0.251 e. The molecule has 0 saturated carbocycles. The monoisotopic (exact) mass is 321 g/mol. The van der Waals surface area contributed by atoms with E-state index in [-0.39, 0.29) is 5.91 Å². The summed E-state index contributed by atoms with van der Waals surface area (Å²) in [6, 6.07) is 7.12. The summed E-state index contributed by atoms with van der Waals surface area (Å²) in [5.74, 6) is 0.683. The Morgan fingerprint density at radius 3 is 2.68 bits per heavy atom. The number of nitrogens with zero attached hydrogens (tertiary/aromatic N) is 2. The molecule has 0 aliphatic heterocycles. The van der Waals surface area contributed by atoms with Crippen molar-refractivity contribution in [3.05, 3.63) is 46.7 Å². The van der Waals surface area contributed by atoms with Crippen LogP contribution in [0.25, 0.3) is 0 Å². The van der Waals surface area contributed by atoms with Crippen molar-refractivity contribution in [1.29, 1.82) is 0 Å². The van der Waals surface area contributed by atoms with Crippen LogP contribution in [0.1, 0.15) is 29.4 Å². The molecule has 0 saturated heterocycles. The van der Waals surface area contributed by atoms with Gasteiger partial charge in [-0.05, 0) is 44.5 Å². The van der Waals surface area contributed by atoms with Gasteiger partial charge in [0.1, 0.15) is 5.75 Å². The van der Waals surface area contributed by atoms with Gasteiger partial charge < -0.3 is 10.1 Å². The van der Waals surface area contributed by atoms with Gasteiger partial charge in [0.2, 0.25) is 0 Å². The predicted octanol–water partition coefficient (Wildman–Crippen LogP) is 3.06. The van der Waals surface area contributed by atoms with Crippen molar-refractivity contribution in [2.45, 2.75) is 26.8 Å². The van der Waals surface area contributed by atoms with Crippen LogP contribution in [0.2, 0.25) is 5.02 Å². The average molecular weight is 322 g/mol. The molecule has 0 bridgehead atoms. The van der Waals surface area contributed by atoms with Crippen molar-refractivity contribution in [3.8, 4) is 5.75 Å². The zero-order chi connectivity index (χ0) is 15.9. The number of benzene rings is 1. The van der Waals surface area contributed by atoms with Gasteiger partial charge in [-0.3, -0.25) is 9.48 Å². The Labute approximate surface area is 135 Å². The van der Waals surface area contributed by atoms with Crippen LogP contribution in [-0.4, -0.2) is 28.8 Å². The number of ether oxygens (including phenoxy) is 1. The van der Waals surface area contributed by atoms with Crippen LogP contribution in [0, 0.1) is 6.92 Å². The predicted molar refractivity (Wildman–Crippen MR) is 86.5 cm³/mol. The fraction of sp³-hybridized carbons (Fsp3) is 0.375. The van der Waals surface area contributed by atoms with E-state index in [1.165, 1.54) is 0 Å². The number of amides is 1. The van der Waals surface area contributed by atoms with Crippen LogP contribution in [0.15, 0.2) is 30.5 Å². The van der Waals surface area contributed by atoms with E-state index in [4.69, 9.17) is 16.3 Å². The lowest BCUT2D eigenvalue weighted by molar-refractivity contribution is 0.0952. The molecule has 1 heterocycles. The highest BCUT2D eigenvalue weighted by molar-refractivity contribution is 6.31. The van der Waals surface area contributed by atoms with Gasteiger partial charge in [0, 0.05) is 24.8 Å². The molecule has 0 spiro atoms. The Balaban J connectivity index is 1.75. The first kappa shape index (κ1) is 16.4. The number of aryl methyl sites for hydroxylation is 2. The highest BCUT2D eigenvalue weighted by atomic mass is 35.5. The third-order valence-electron chi connectivity index (χ3n) is 3.16. The Kier molecular flexibility index (Phi) is 5.83. The SMILES string of the molecule is CCOc1ccc(C(=O)NCCCn2cc(Cl)c(C)n2)cc1. The van der Waals surface area contributed by atoms with Gasteiger partial charge in [0.15, 0.2) is 0 Å². The summed E-state index contributed by atoms with van der Waals surface area (Å²) in [6.45, 7) is 5.71. The number of rotatable bonds is 7. The molecule has 2 rings (SSSR count). The smallest absolute Gasteiger partial charge is 0.251 e. The molecule has 118 valence electrons. The Morgan fingerprint density at radius 2 is 2.09 bits per heavy atom. The lowest BCUT2D eigenvalue weighted by Gasteiger charge is -2.07. The molecule has 2 aromatic rings. The topological polar surface area (TPSA) is 56.1 Å². The number of carbonyl (C=O) groups excluding carboxylic acids is 1. The second-order valence-corrected chi connectivity index (χ2v) is 5.30. The molecule has 1 N–H and O–H groups in total. The molecule has 1 aromatic heterocycles. The van der Waals surface area contributed by atoms with Gasteiger partial charge >= 0.3 is 0 Å². The van der Waals surface area contributed by atoms with Gasteiger partial charge in [-0.1, -0.05) is 11.6 Å². The summed E-state index contributed by atoms with van der Waals surface area (Å²) >= 11 is 5.94. The zero-order valence-corrected chi connectivity index (χ0v) is 13.6. The Morgan fingerprint density at radius 1 is 1.36 bits per heavy atom. The quantitative estimate of drug-likeness (QED) is 0.797. The summed E-state index contributed by atoms with van der Waals surface area (Å²) < 4.78 is 7.14. The fourth-order valence-electron chi connectivity index (χ4n) is 2.02. The van der Waals surface area contributed by atoms with Crippen molar-refractivity contribution in [3.63, 3.8) is 0 Å². The summed E-state index contributed by atoms with van der Waals surface area (Å²) in [6.07, 6.45) is 2.59. The standard InChI is InChI=1S/C16H20ClN3O2/c1-3-22-14-7-5-13(6-8-14)16(21)18-9-4-10-20-11-15(17)12(2)19-20/h5-8,11H,3-4,9-10H2,1-2H3,(H,18,21). The first-order valence-electron chi connectivity index (χ1n) is 7.30. The lowest BCUT2D eigenvalue weighted by atomic mass is 10.2. The third-order valence-corrected chi connectivity index (χ3v) is 3.53. The molecule has 0 atom stereocenters. The van der Waals surface area contributed by atoms with Gasteiger partial charge in [-0.15, -0.1) is 0 Å². The highest BCUT2D eigenvalue weighted by Crippen LogP contribution is 2.13. The number of nitrogens with one attached hydrogen (secondary N) is 1. The molecule has 0 aliphatic carbocycles. The number of hydrogen-bond donors (Lipinski definition) is 1. The lowest BCUT2D eigenvalue weighted by Crippen LogP contribution is -2.25. The highest BCUT2D eigenvalue weighted by Gasteiger charge is 2.05. The number of carbonyl (C=O) groups is 1. The van der Waals surface area contributed by atoms with E-state index in [0.29, 0.717) is 23.7 Å².